The Hall–Kier alpha value is -0.0500. The van der Waals surface area contributed by atoms with Crippen LogP contribution in [-0.2, 0) is 0 Å². The summed E-state index contributed by atoms with van der Waals surface area (Å²) in [5.41, 5.74) is 7.42. The van der Waals surface area contributed by atoms with E-state index in [1.54, 1.807) is 0 Å². The summed E-state index contributed by atoms with van der Waals surface area (Å²) in [6, 6.07) is 5.98. The third-order valence-corrected chi connectivity index (χ3v) is 4.65. The van der Waals surface area contributed by atoms with E-state index in [1.807, 2.05) is 18.2 Å². The highest BCUT2D eigenvalue weighted by Crippen LogP contribution is 2.28. The van der Waals surface area contributed by atoms with Crippen LogP contribution in [0.25, 0.3) is 0 Å². The SMILES string of the molecule is CCCCCCCCCCC(N)c1ccc(Cl)cc1Br. The summed E-state index contributed by atoms with van der Waals surface area (Å²) in [5, 5.41) is 0.750. The average Bonchev–Trinajstić information content (AvgIpc) is 2.41. The predicted molar refractivity (Wildman–Crippen MR) is 93.3 cm³/mol. The monoisotopic (exact) mass is 359 g/mol. The molecule has 0 radical (unpaired) electrons. The lowest BCUT2D eigenvalue weighted by molar-refractivity contribution is 0.535. The van der Waals surface area contributed by atoms with Crippen molar-refractivity contribution in [3.8, 4) is 0 Å². The summed E-state index contributed by atoms with van der Waals surface area (Å²) < 4.78 is 1.03. The molecule has 114 valence electrons. The highest BCUT2D eigenvalue weighted by atomic mass is 79.9. The summed E-state index contributed by atoms with van der Waals surface area (Å²) in [6.45, 7) is 2.26. The molecule has 1 unspecified atom stereocenters. The first-order valence-corrected chi connectivity index (χ1v) is 9.02. The zero-order valence-electron chi connectivity index (χ0n) is 12.5. The van der Waals surface area contributed by atoms with E-state index in [-0.39, 0.29) is 6.04 Å². The molecule has 1 atom stereocenters. The maximum absolute atomic E-state index is 6.25. The Kier molecular flexibility index (Phi) is 9.58. The number of benzene rings is 1. The van der Waals surface area contributed by atoms with Crippen LogP contribution < -0.4 is 5.73 Å². The number of hydrogen-bond acceptors (Lipinski definition) is 1. The third-order valence-electron chi connectivity index (χ3n) is 3.73. The first-order chi connectivity index (χ1) is 9.65. The van der Waals surface area contributed by atoms with Gasteiger partial charge in [-0.05, 0) is 24.1 Å². The summed E-state index contributed by atoms with van der Waals surface area (Å²) in [5.74, 6) is 0. The van der Waals surface area contributed by atoms with E-state index in [0.29, 0.717) is 0 Å². The molecule has 0 saturated carbocycles. The number of halogens is 2. The highest BCUT2D eigenvalue weighted by Gasteiger charge is 2.09. The van der Waals surface area contributed by atoms with Gasteiger partial charge in [-0.25, -0.2) is 0 Å². The smallest absolute Gasteiger partial charge is 0.0417 e. The van der Waals surface area contributed by atoms with Crippen molar-refractivity contribution in [1.29, 1.82) is 0 Å². The van der Waals surface area contributed by atoms with Gasteiger partial charge in [0.1, 0.15) is 0 Å². The molecule has 0 bridgehead atoms. The number of nitrogens with two attached hydrogens (primary N) is 1. The number of unbranched alkanes of at least 4 members (excludes halogenated alkanes) is 7. The molecule has 0 amide bonds. The molecule has 1 nitrogen and oxygen atoms in total. The Morgan fingerprint density at radius 3 is 2.25 bits per heavy atom. The largest absolute Gasteiger partial charge is 0.324 e. The molecule has 0 aliphatic heterocycles. The standard InChI is InChI=1S/C17H27BrClN/c1-2-3-4-5-6-7-8-9-10-17(20)15-12-11-14(19)13-16(15)18/h11-13,17H,2-10,20H2,1H3. The third kappa shape index (κ3) is 7.10. The molecule has 0 aromatic heterocycles. The molecular weight excluding hydrogens is 334 g/mol. The lowest BCUT2D eigenvalue weighted by Crippen LogP contribution is -2.10. The van der Waals surface area contributed by atoms with E-state index in [1.165, 1.54) is 51.4 Å². The highest BCUT2D eigenvalue weighted by molar-refractivity contribution is 9.10. The van der Waals surface area contributed by atoms with Crippen LogP contribution in [0.1, 0.15) is 76.3 Å². The van der Waals surface area contributed by atoms with Gasteiger partial charge in [-0.1, -0.05) is 91.9 Å². The van der Waals surface area contributed by atoms with Crippen LogP contribution in [0.2, 0.25) is 5.02 Å². The van der Waals surface area contributed by atoms with Crippen LogP contribution in [0.4, 0.5) is 0 Å². The molecule has 2 N–H and O–H groups in total. The van der Waals surface area contributed by atoms with Crippen molar-refractivity contribution in [3.63, 3.8) is 0 Å². The zero-order chi connectivity index (χ0) is 14.8. The van der Waals surface area contributed by atoms with E-state index in [9.17, 15) is 0 Å². The van der Waals surface area contributed by atoms with Gasteiger partial charge in [0, 0.05) is 15.5 Å². The van der Waals surface area contributed by atoms with Crippen molar-refractivity contribution in [3.05, 3.63) is 33.3 Å². The van der Waals surface area contributed by atoms with E-state index in [2.05, 4.69) is 22.9 Å². The van der Waals surface area contributed by atoms with Crippen LogP contribution >= 0.6 is 27.5 Å². The lowest BCUT2D eigenvalue weighted by Gasteiger charge is -2.14. The molecule has 1 aromatic rings. The Balaban J connectivity index is 2.15. The molecule has 0 heterocycles. The average molecular weight is 361 g/mol. The molecule has 0 fully saturated rings. The second kappa shape index (κ2) is 10.6. The van der Waals surface area contributed by atoms with Crippen LogP contribution in [0.5, 0.6) is 0 Å². The molecule has 0 spiro atoms. The molecule has 1 aromatic carbocycles. The predicted octanol–water partition coefficient (Wildman–Crippen LogP) is 6.63. The molecule has 0 aliphatic rings. The van der Waals surface area contributed by atoms with Gasteiger partial charge < -0.3 is 5.73 Å². The maximum atomic E-state index is 6.25. The Morgan fingerprint density at radius 1 is 1.05 bits per heavy atom. The van der Waals surface area contributed by atoms with E-state index in [4.69, 9.17) is 17.3 Å². The normalized spacial score (nSPS) is 12.6. The van der Waals surface area contributed by atoms with Crippen molar-refractivity contribution in [2.75, 3.05) is 0 Å². The topological polar surface area (TPSA) is 26.0 Å². The lowest BCUT2D eigenvalue weighted by atomic mass is 10.0. The van der Waals surface area contributed by atoms with Gasteiger partial charge in [0.05, 0.1) is 0 Å². The van der Waals surface area contributed by atoms with Gasteiger partial charge >= 0.3 is 0 Å². The molecule has 0 aliphatic carbocycles. The van der Waals surface area contributed by atoms with Gasteiger partial charge in [-0.3, -0.25) is 0 Å². The van der Waals surface area contributed by atoms with Crippen molar-refractivity contribution in [2.24, 2.45) is 5.73 Å². The minimum absolute atomic E-state index is 0.113. The Labute approximate surface area is 137 Å². The van der Waals surface area contributed by atoms with Gasteiger partial charge in [0.15, 0.2) is 0 Å². The second-order valence-electron chi connectivity index (χ2n) is 5.54. The fraction of sp³-hybridized carbons (Fsp3) is 0.647. The molecule has 0 saturated heterocycles. The molecular formula is C17H27BrClN. The van der Waals surface area contributed by atoms with E-state index in [0.717, 1.165) is 21.5 Å². The van der Waals surface area contributed by atoms with Crippen LogP contribution in [-0.4, -0.2) is 0 Å². The Morgan fingerprint density at radius 2 is 1.65 bits per heavy atom. The van der Waals surface area contributed by atoms with Gasteiger partial charge in [-0.15, -0.1) is 0 Å². The van der Waals surface area contributed by atoms with Crippen molar-refractivity contribution >= 4 is 27.5 Å². The van der Waals surface area contributed by atoms with Crippen LogP contribution in [0, 0.1) is 0 Å². The van der Waals surface area contributed by atoms with E-state index < -0.39 is 0 Å². The van der Waals surface area contributed by atoms with E-state index >= 15 is 0 Å². The molecule has 1 rings (SSSR count). The summed E-state index contributed by atoms with van der Waals surface area (Å²) in [6.07, 6.45) is 11.8. The van der Waals surface area contributed by atoms with Gasteiger partial charge in [0.25, 0.3) is 0 Å². The van der Waals surface area contributed by atoms with Crippen LogP contribution in [0.3, 0.4) is 0 Å². The van der Waals surface area contributed by atoms with Crippen molar-refractivity contribution in [1.82, 2.24) is 0 Å². The first-order valence-electron chi connectivity index (χ1n) is 7.85. The number of rotatable bonds is 10. The van der Waals surface area contributed by atoms with Crippen LogP contribution in [0.15, 0.2) is 22.7 Å². The quantitative estimate of drug-likeness (QED) is 0.465. The first kappa shape index (κ1) is 18.0. The summed E-state index contributed by atoms with van der Waals surface area (Å²) >= 11 is 9.49. The summed E-state index contributed by atoms with van der Waals surface area (Å²) in [7, 11) is 0. The molecule has 3 heteroatoms. The summed E-state index contributed by atoms with van der Waals surface area (Å²) in [4.78, 5) is 0. The van der Waals surface area contributed by atoms with Crippen molar-refractivity contribution < 1.29 is 0 Å². The number of hydrogen-bond donors (Lipinski definition) is 1. The van der Waals surface area contributed by atoms with Gasteiger partial charge in [-0.2, -0.15) is 0 Å². The molecule has 20 heavy (non-hydrogen) atoms. The fourth-order valence-corrected chi connectivity index (χ4v) is 3.43. The fourth-order valence-electron chi connectivity index (χ4n) is 2.46. The second-order valence-corrected chi connectivity index (χ2v) is 6.83. The minimum atomic E-state index is 0.113. The zero-order valence-corrected chi connectivity index (χ0v) is 14.8. The Bertz CT molecular complexity index is 381. The maximum Gasteiger partial charge on any atom is 0.0417 e. The van der Waals surface area contributed by atoms with Crippen molar-refractivity contribution in [2.45, 2.75) is 70.8 Å². The minimum Gasteiger partial charge on any atom is -0.324 e. The van der Waals surface area contributed by atoms with Gasteiger partial charge in [0.2, 0.25) is 0 Å².